The van der Waals surface area contributed by atoms with Crippen LogP contribution in [0, 0.1) is 11.7 Å². The highest BCUT2D eigenvalue weighted by atomic mass is 19.1. The fourth-order valence-electron chi connectivity index (χ4n) is 2.97. The SMILES string of the molecule is C=C(C)C(=O)OCC(COC(O)C(=C)C)Cc1ccc(-c2ccc(OC(=O)C(=C)C)c(F)c2)cc1. The minimum atomic E-state index is -1.11. The first kappa shape index (κ1) is 27.7. The molecule has 0 aliphatic heterocycles. The van der Waals surface area contributed by atoms with Crippen LogP contribution in [0.3, 0.4) is 0 Å². The van der Waals surface area contributed by atoms with Crippen LogP contribution in [0.15, 0.2) is 78.9 Å². The molecule has 0 spiro atoms. The van der Waals surface area contributed by atoms with E-state index in [0.29, 0.717) is 23.1 Å². The summed E-state index contributed by atoms with van der Waals surface area (Å²) >= 11 is 0. The van der Waals surface area contributed by atoms with Gasteiger partial charge in [-0.1, -0.05) is 50.1 Å². The summed E-state index contributed by atoms with van der Waals surface area (Å²) in [5, 5.41) is 9.88. The van der Waals surface area contributed by atoms with Crippen LogP contribution in [0.4, 0.5) is 4.39 Å². The smallest absolute Gasteiger partial charge is 0.338 e. The van der Waals surface area contributed by atoms with E-state index in [9.17, 15) is 19.1 Å². The van der Waals surface area contributed by atoms with Gasteiger partial charge in [-0.05, 0) is 61.6 Å². The van der Waals surface area contributed by atoms with Gasteiger partial charge in [0.1, 0.15) is 0 Å². The van der Waals surface area contributed by atoms with Crippen LogP contribution < -0.4 is 4.74 Å². The Morgan fingerprint density at radius 3 is 2.06 bits per heavy atom. The molecule has 35 heavy (non-hydrogen) atoms. The molecule has 2 aromatic carbocycles. The largest absolute Gasteiger partial charge is 0.462 e. The van der Waals surface area contributed by atoms with E-state index in [1.165, 1.54) is 19.1 Å². The lowest BCUT2D eigenvalue weighted by Gasteiger charge is -2.20. The Balaban J connectivity index is 2.11. The van der Waals surface area contributed by atoms with Crippen LogP contribution in [0.2, 0.25) is 0 Å². The molecule has 0 radical (unpaired) electrons. The Morgan fingerprint density at radius 1 is 0.914 bits per heavy atom. The number of hydrogen-bond donors (Lipinski definition) is 1. The van der Waals surface area contributed by atoms with Gasteiger partial charge < -0.3 is 19.3 Å². The molecule has 7 heteroatoms. The van der Waals surface area contributed by atoms with Gasteiger partial charge in [-0.15, -0.1) is 0 Å². The maximum Gasteiger partial charge on any atom is 0.338 e. The zero-order valence-corrected chi connectivity index (χ0v) is 20.3. The second kappa shape index (κ2) is 12.8. The van der Waals surface area contributed by atoms with Gasteiger partial charge in [0.2, 0.25) is 0 Å². The van der Waals surface area contributed by atoms with Gasteiger partial charge in [-0.3, -0.25) is 0 Å². The lowest BCUT2D eigenvalue weighted by Crippen LogP contribution is -2.25. The quantitative estimate of drug-likeness (QED) is 0.148. The van der Waals surface area contributed by atoms with E-state index in [4.69, 9.17) is 14.2 Å². The average molecular weight is 483 g/mol. The molecule has 2 atom stereocenters. The number of esters is 2. The molecule has 0 heterocycles. The van der Waals surface area contributed by atoms with Gasteiger partial charge in [0.15, 0.2) is 17.9 Å². The third-order valence-corrected chi connectivity index (χ3v) is 5.00. The van der Waals surface area contributed by atoms with Crippen molar-refractivity contribution in [2.75, 3.05) is 13.2 Å². The maximum atomic E-state index is 14.4. The van der Waals surface area contributed by atoms with Crippen LogP contribution in [-0.2, 0) is 25.5 Å². The molecule has 0 aromatic heterocycles. The molecular weight excluding hydrogens is 451 g/mol. The molecule has 0 aliphatic rings. The number of carbonyl (C=O) groups excluding carboxylic acids is 2. The first-order chi connectivity index (χ1) is 16.5. The number of benzene rings is 2. The molecule has 0 saturated carbocycles. The maximum absolute atomic E-state index is 14.4. The van der Waals surface area contributed by atoms with Crippen LogP contribution in [0.25, 0.3) is 11.1 Å². The monoisotopic (exact) mass is 482 g/mol. The first-order valence-corrected chi connectivity index (χ1v) is 11.0. The Bertz CT molecular complexity index is 1100. The Hall–Kier alpha value is -3.55. The second-order valence-corrected chi connectivity index (χ2v) is 8.49. The molecule has 2 rings (SSSR count). The summed E-state index contributed by atoms with van der Waals surface area (Å²) in [4.78, 5) is 23.4. The van der Waals surface area contributed by atoms with E-state index in [2.05, 4.69) is 19.7 Å². The lowest BCUT2D eigenvalue weighted by molar-refractivity contribution is -0.142. The van der Waals surface area contributed by atoms with Crippen LogP contribution >= 0.6 is 0 Å². The predicted molar refractivity (Wildman–Crippen MR) is 132 cm³/mol. The molecule has 0 fully saturated rings. The third-order valence-electron chi connectivity index (χ3n) is 5.00. The van der Waals surface area contributed by atoms with Crippen molar-refractivity contribution < 1.29 is 33.3 Å². The van der Waals surface area contributed by atoms with E-state index in [1.807, 2.05) is 24.3 Å². The molecule has 0 saturated heterocycles. The fraction of sp³-hybridized carbons (Fsp3) is 0.286. The summed E-state index contributed by atoms with van der Waals surface area (Å²) in [6.07, 6.45) is -0.596. The van der Waals surface area contributed by atoms with Crippen LogP contribution in [-0.4, -0.2) is 36.5 Å². The Kier molecular flexibility index (Phi) is 10.1. The van der Waals surface area contributed by atoms with Gasteiger partial charge in [0.25, 0.3) is 0 Å². The molecule has 186 valence electrons. The summed E-state index contributed by atoms with van der Waals surface area (Å²) in [6, 6.07) is 11.8. The van der Waals surface area contributed by atoms with Crippen molar-refractivity contribution in [3.05, 3.63) is 90.3 Å². The summed E-state index contributed by atoms with van der Waals surface area (Å²) in [5.74, 6) is -2.23. The van der Waals surface area contributed by atoms with E-state index in [0.717, 1.165) is 11.1 Å². The second-order valence-electron chi connectivity index (χ2n) is 8.49. The number of carbonyl (C=O) groups is 2. The van der Waals surface area contributed by atoms with Gasteiger partial charge in [-0.2, -0.15) is 0 Å². The average Bonchev–Trinajstić information content (AvgIpc) is 2.81. The Morgan fingerprint density at radius 2 is 1.51 bits per heavy atom. The van der Waals surface area contributed by atoms with Crippen molar-refractivity contribution in [1.29, 1.82) is 0 Å². The number of aliphatic hydroxyl groups excluding tert-OH is 1. The van der Waals surface area contributed by atoms with E-state index in [1.54, 1.807) is 19.9 Å². The minimum absolute atomic E-state index is 0.0892. The van der Waals surface area contributed by atoms with Gasteiger partial charge in [-0.25, -0.2) is 14.0 Å². The zero-order chi connectivity index (χ0) is 26.1. The van der Waals surface area contributed by atoms with Gasteiger partial charge in [0, 0.05) is 17.1 Å². The third kappa shape index (κ3) is 8.63. The topological polar surface area (TPSA) is 82.1 Å². The summed E-state index contributed by atoms with van der Waals surface area (Å²) in [6.45, 7) is 15.7. The van der Waals surface area contributed by atoms with E-state index in [-0.39, 0.29) is 30.5 Å². The highest BCUT2D eigenvalue weighted by Gasteiger charge is 2.17. The molecule has 2 unspecified atom stereocenters. The Labute approximate surface area is 205 Å². The van der Waals surface area contributed by atoms with E-state index >= 15 is 0 Å². The molecule has 1 N–H and O–H groups in total. The number of ether oxygens (including phenoxy) is 3. The number of halogens is 1. The van der Waals surface area contributed by atoms with Crippen molar-refractivity contribution in [3.63, 3.8) is 0 Å². The highest BCUT2D eigenvalue weighted by Crippen LogP contribution is 2.27. The van der Waals surface area contributed by atoms with E-state index < -0.39 is 24.0 Å². The summed E-state index contributed by atoms with van der Waals surface area (Å²) < 4.78 is 30.1. The lowest BCUT2D eigenvalue weighted by atomic mass is 9.97. The van der Waals surface area contributed by atoms with Crippen LogP contribution in [0.1, 0.15) is 26.3 Å². The van der Waals surface area contributed by atoms with Crippen molar-refractivity contribution in [2.45, 2.75) is 33.5 Å². The van der Waals surface area contributed by atoms with Crippen molar-refractivity contribution in [1.82, 2.24) is 0 Å². The van der Waals surface area contributed by atoms with Gasteiger partial charge in [0.05, 0.1) is 13.2 Å². The molecule has 0 aliphatic carbocycles. The number of rotatable bonds is 12. The van der Waals surface area contributed by atoms with Crippen LogP contribution in [0.5, 0.6) is 5.75 Å². The standard InChI is InChI=1S/C28H31FO6/c1-17(2)26(30)33-15-21(16-34-27(31)18(3)4)13-20-7-9-22(10-8-20)23-11-12-25(24(29)14-23)35-28(32)19(5)6/h7-12,14,21,26,30H,1,3,5,13,15-16H2,2,4,6H3. The molecular formula is C28H31FO6. The summed E-state index contributed by atoms with van der Waals surface area (Å²) in [7, 11) is 0. The number of hydrogen-bond acceptors (Lipinski definition) is 6. The first-order valence-electron chi connectivity index (χ1n) is 11.0. The molecule has 0 bridgehead atoms. The molecule has 0 amide bonds. The number of aliphatic hydroxyl groups is 1. The van der Waals surface area contributed by atoms with Crippen molar-refractivity contribution >= 4 is 11.9 Å². The fourth-order valence-corrected chi connectivity index (χ4v) is 2.97. The van der Waals surface area contributed by atoms with Crippen molar-refractivity contribution in [2.24, 2.45) is 5.92 Å². The minimum Gasteiger partial charge on any atom is -0.462 e. The normalized spacial score (nSPS) is 12.4. The molecule has 2 aromatic rings. The zero-order valence-electron chi connectivity index (χ0n) is 20.3. The highest BCUT2D eigenvalue weighted by molar-refractivity contribution is 5.89. The van der Waals surface area contributed by atoms with Gasteiger partial charge >= 0.3 is 11.9 Å². The van der Waals surface area contributed by atoms with Crippen molar-refractivity contribution in [3.8, 4) is 16.9 Å². The summed E-state index contributed by atoms with van der Waals surface area (Å²) in [5.41, 5.74) is 3.26. The predicted octanol–water partition coefficient (Wildman–Crippen LogP) is 5.16. The molecule has 6 nitrogen and oxygen atoms in total.